The standard InChI is InChI=1S/C10H15IN5O12P3/c11-5-7(17)4(1-25-30(21,22)28-31(23,24)27-29(18,19)20)26-10(5)16-3-15-6-8(12)13-2-14-9(6)16/h2-5,7,10,17H,1H2,(H,21,22)(H,23,24)(H2,12,13,14)(H2,18,19,20)/t4-,5?,7?,10-/m1/s1. The van der Waals surface area contributed by atoms with Gasteiger partial charge in [0, 0.05) is 0 Å². The first-order chi connectivity index (χ1) is 14.2. The number of rotatable bonds is 8. The molecule has 1 aliphatic rings. The number of aliphatic hydroxyl groups is 1. The van der Waals surface area contributed by atoms with Crippen LogP contribution in [0.1, 0.15) is 6.23 Å². The second kappa shape index (κ2) is 8.98. The molecule has 2 aromatic rings. The van der Waals surface area contributed by atoms with E-state index in [1.165, 1.54) is 17.2 Å². The Morgan fingerprint density at radius 1 is 1.13 bits per heavy atom. The fraction of sp³-hybridized carbons (Fsp3) is 0.500. The number of aromatic nitrogens is 4. The number of hydrogen-bond acceptors (Lipinski definition) is 12. The summed E-state index contributed by atoms with van der Waals surface area (Å²) in [5.41, 5.74) is 6.33. The highest BCUT2D eigenvalue weighted by molar-refractivity contribution is 14.1. The Morgan fingerprint density at radius 3 is 2.45 bits per heavy atom. The number of nitrogen functional groups attached to an aromatic ring is 1. The number of hydrogen-bond donors (Lipinski definition) is 6. The molecule has 31 heavy (non-hydrogen) atoms. The Balaban J connectivity index is 1.69. The average Bonchev–Trinajstić information content (AvgIpc) is 3.13. The zero-order valence-corrected chi connectivity index (χ0v) is 19.7. The molecule has 0 aliphatic carbocycles. The number of alkyl halides is 1. The number of aliphatic hydroxyl groups excluding tert-OH is 1. The third-order valence-corrected chi connectivity index (χ3v) is 8.93. The molecule has 2 aromatic heterocycles. The van der Waals surface area contributed by atoms with Crippen LogP contribution < -0.4 is 5.73 Å². The molecule has 4 unspecified atom stereocenters. The van der Waals surface area contributed by atoms with E-state index in [0.717, 1.165) is 0 Å². The molecular formula is C10H15IN5O12P3. The zero-order chi connectivity index (χ0) is 23.2. The number of phosphoric ester groups is 1. The molecule has 3 rings (SSSR count). The van der Waals surface area contributed by atoms with Crippen LogP contribution in [0.25, 0.3) is 11.2 Å². The maximum Gasteiger partial charge on any atom is 0.490 e. The smallest absolute Gasteiger partial charge is 0.389 e. The summed E-state index contributed by atoms with van der Waals surface area (Å²) in [6.07, 6.45) is -0.757. The maximum atomic E-state index is 11.8. The molecule has 0 amide bonds. The van der Waals surface area contributed by atoms with E-state index in [-0.39, 0.29) is 5.82 Å². The topological polar surface area (TPSA) is 259 Å². The monoisotopic (exact) mass is 617 g/mol. The van der Waals surface area contributed by atoms with Crippen molar-refractivity contribution in [2.75, 3.05) is 12.3 Å². The second-order valence-corrected chi connectivity index (χ2v) is 11.8. The summed E-state index contributed by atoms with van der Waals surface area (Å²) < 4.78 is 52.1. The van der Waals surface area contributed by atoms with Crippen LogP contribution in [-0.2, 0) is 31.6 Å². The Labute approximate surface area is 186 Å². The Hall–Kier alpha value is -0.590. The van der Waals surface area contributed by atoms with Gasteiger partial charge in [-0.25, -0.2) is 28.6 Å². The first-order valence-corrected chi connectivity index (χ1v) is 13.6. The van der Waals surface area contributed by atoms with Gasteiger partial charge >= 0.3 is 23.5 Å². The summed E-state index contributed by atoms with van der Waals surface area (Å²) in [5, 5.41) is 10.4. The predicted molar refractivity (Wildman–Crippen MR) is 107 cm³/mol. The minimum Gasteiger partial charge on any atom is -0.389 e. The zero-order valence-electron chi connectivity index (χ0n) is 14.9. The highest BCUT2D eigenvalue weighted by Gasteiger charge is 2.46. The third kappa shape index (κ3) is 6.05. The number of imidazole rings is 1. The summed E-state index contributed by atoms with van der Waals surface area (Å²) in [5.74, 6) is 0.122. The Bertz CT molecular complexity index is 1110. The fourth-order valence-electron chi connectivity index (χ4n) is 2.59. The van der Waals surface area contributed by atoms with Gasteiger partial charge in [-0.05, 0) is 0 Å². The minimum absolute atomic E-state index is 0.122. The number of ether oxygens (including phenoxy) is 1. The fourth-order valence-corrected chi connectivity index (χ4v) is 6.60. The van der Waals surface area contributed by atoms with Gasteiger partial charge in [0.15, 0.2) is 17.7 Å². The molecule has 0 radical (unpaired) electrons. The van der Waals surface area contributed by atoms with Crippen LogP contribution in [0.4, 0.5) is 5.82 Å². The first-order valence-electron chi connectivity index (χ1n) is 7.88. The van der Waals surface area contributed by atoms with E-state index in [2.05, 4.69) is 28.1 Å². The van der Waals surface area contributed by atoms with Crippen LogP contribution in [0.2, 0.25) is 0 Å². The van der Waals surface area contributed by atoms with Gasteiger partial charge in [-0.2, -0.15) is 8.62 Å². The van der Waals surface area contributed by atoms with Gasteiger partial charge in [0.25, 0.3) is 0 Å². The predicted octanol–water partition coefficient (Wildman–Crippen LogP) is -0.186. The molecule has 174 valence electrons. The molecule has 0 bridgehead atoms. The van der Waals surface area contributed by atoms with E-state index in [9.17, 15) is 23.7 Å². The molecule has 7 N–H and O–H groups in total. The van der Waals surface area contributed by atoms with E-state index in [4.69, 9.17) is 25.2 Å². The molecule has 21 heteroatoms. The van der Waals surface area contributed by atoms with Gasteiger partial charge in [-0.1, -0.05) is 22.6 Å². The van der Waals surface area contributed by atoms with Gasteiger partial charge in [-0.3, -0.25) is 9.09 Å². The lowest BCUT2D eigenvalue weighted by atomic mass is 10.2. The molecule has 0 saturated carbocycles. The van der Waals surface area contributed by atoms with Crippen molar-refractivity contribution in [3.63, 3.8) is 0 Å². The van der Waals surface area contributed by atoms with Crippen molar-refractivity contribution in [3.05, 3.63) is 12.7 Å². The average molecular weight is 617 g/mol. The van der Waals surface area contributed by atoms with Crippen LogP contribution in [0.3, 0.4) is 0 Å². The molecule has 0 aromatic carbocycles. The molecule has 1 aliphatic heterocycles. The maximum absolute atomic E-state index is 11.8. The lowest BCUT2D eigenvalue weighted by molar-refractivity contribution is -0.0420. The van der Waals surface area contributed by atoms with Crippen molar-refractivity contribution in [2.24, 2.45) is 0 Å². The van der Waals surface area contributed by atoms with Gasteiger partial charge in [0.05, 0.1) is 23.0 Å². The van der Waals surface area contributed by atoms with Crippen molar-refractivity contribution in [1.82, 2.24) is 19.5 Å². The highest BCUT2D eigenvalue weighted by atomic mass is 127. The number of fused-ring (bicyclic) bond motifs is 1. The molecule has 3 heterocycles. The van der Waals surface area contributed by atoms with Crippen LogP contribution in [0.15, 0.2) is 12.7 Å². The number of halogens is 1. The van der Waals surface area contributed by atoms with Crippen molar-refractivity contribution in [3.8, 4) is 0 Å². The lowest BCUT2D eigenvalue weighted by Gasteiger charge is -2.19. The molecule has 0 spiro atoms. The summed E-state index contributed by atoms with van der Waals surface area (Å²) in [7, 11) is -16.5. The van der Waals surface area contributed by atoms with Crippen molar-refractivity contribution >= 4 is 63.0 Å². The SMILES string of the molecule is Nc1ncnc2c1ncn2[C@@H]1O[C@H](COP(=O)(O)OP(=O)(O)OP(=O)(O)O)C(O)C1I. The van der Waals surface area contributed by atoms with E-state index < -0.39 is 52.4 Å². The molecule has 1 saturated heterocycles. The van der Waals surface area contributed by atoms with Gasteiger partial charge in [-0.15, -0.1) is 0 Å². The Kier molecular flexibility index (Phi) is 7.25. The largest absolute Gasteiger partial charge is 0.490 e. The van der Waals surface area contributed by atoms with Gasteiger partial charge < -0.3 is 35.2 Å². The summed E-state index contributed by atoms with van der Waals surface area (Å²) in [6.45, 7) is -0.801. The van der Waals surface area contributed by atoms with Gasteiger partial charge in [0.2, 0.25) is 0 Å². The molecule has 17 nitrogen and oxygen atoms in total. The number of phosphoric acid groups is 3. The van der Waals surface area contributed by atoms with Crippen molar-refractivity contribution in [1.29, 1.82) is 0 Å². The second-order valence-electron chi connectivity index (χ2n) is 5.97. The van der Waals surface area contributed by atoms with E-state index >= 15 is 0 Å². The summed E-state index contributed by atoms with van der Waals surface area (Å²) in [4.78, 5) is 47.7. The normalized spacial score (nSPS) is 28.5. The van der Waals surface area contributed by atoms with E-state index in [0.29, 0.717) is 11.2 Å². The Morgan fingerprint density at radius 2 is 1.81 bits per heavy atom. The van der Waals surface area contributed by atoms with Gasteiger partial charge in [0.1, 0.15) is 17.9 Å². The van der Waals surface area contributed by atoms with E-state index in [1.54, 1.807) is 0 Å². The molecular weight excluding hydrogens is 602 g/mol. The lowest BCUT2D eigenvalue weighted by Crippen LogP contribution is -2.30. The van der Waals surface area contributed by atoms with Crippen LogP contribution in [0.5, 0.6) is 0 Å². The highest BCUT2D eigenvalue weighted by Crippen LogP contribution is 2.66. The van der Waals surface area contributed by atoms with E-state index in [1.807, 2.05) is 22.6 Å². The van der Waals surface area contributed by atoms with Crippen LogP contribution >= 0.6 is 46.1 Å². The first kappa shape index (κ1) is 25.0. The number of anilines is 1. The summed E-state index contributed by atoms with van der Waals surface area (Å²) >= 11 is 1.87. The molecule has 1 fully saturated rings. The van der Waals surface area contributed by atoms with Crippen molar-refractivity contribution in [2.45, 2.75) is 22.4 Å². The summed E-state index contributed by atoms with van der Waals surface area (Å²) in [6, 6.07) is 0. The quantitative estimate of drug-likeness (QED) is 0.127. The van der Waals surface area contributed by atoms with Crippen LogP contribution in [-0.4, -0.2) is 66.9 Å². The number of nitrogens with two attached hydrogens (primary N) is 1. The van der Waals surface area contributed by atoms with Crippen molar-refractivity contribution < 1.29 is 56.3 Å². The third-order valence-electron chi connectivity index (χ3n) is 3.77. The minimum atomic E-state index is -5.65. The number of nitrogens with zero attached hydrogens (tertiary/aromatic N) is 4. The van der Waals surface area contributed by atoms with Crippen LogP contribution in [0, 0.1) is 0 Å². The molecule has 6 atom stereocenters.